The fraction of sp³-hybridized carbons (Fsp3) is 0.857. The summed E-state index contributed by atoms with van der Waals surface area (Å²) in [5, 5.41) is 0. The van der Waals surface area contributed by atoms with Gasteiger partial charge in [-0.3, -0.25) is 4.90 Å². The Bertz CT molecular complexity index is 103. The predicted molar refractivity (Wildman–Crippen MR) is 36.0 cm³/mol. The zero-order valence-electron chi connectivity index (χ0n) is 5.77. The van der Waals surface area contributed by atoms with E-state index in [0.717, 1.165) is 6.04 Å². The van der Waals surface area contributed by atoms with Gasteiger partial charge in [0.25, 0.3) is 0 Å². The van der Waals surface area contributed by atoms with Gasteiger partial charge >= 0.3 is 0 Å². The van der Waals surface area contributed by atoms with Gasteiger partial charge in [0.2, 0.25) is 0 Å². The molecule has 0 saturated carbocycles. The Morgan fingerprint density at radius 1 is 1.33 bits per heavy atom. The molecule has 2 heterocycles. The molecule has 0 atom stereocenters. The molecular formula is C7H14N2. The van der Waals surface area contributed by atoms with Gasteiger partial charge in [-0.05, 0) is 6.42 Å². The summed E-state index contributed by atoms with van der Waals surface area (Å²) in [6.07, 6.45) is 1.42. The molecule has 2 fully saturated rings. The first-order valence-corrected chi connectivity index (χ1v) is 3.77. The molecule has 0 bridgehead atoms. The highest BCUT2D eigenvalue weighted by Crippen LogP contribution is 2.11. The van der Waals surface area contributed by atoms with E-state index in [-0.39, 0.29) is 0 Å². The zero-order chi connectivity index (χ0) is 6.27. The lowest BCUT2D eigenvalue weighted by Crippen LogP contribution is -3.18. The van der Waals surface area contributed by atoms with Gasteiger partial charge in [-0.1, -0.05) is 0 Å². The molecule has 0 radical (unpaired) electrons. The van der Waals surface area contributed by atoms with E-state index < -0.39 is 0 Å². The predicted octanol–water partition coefficient (Wildman–Crippen LogP) is -1.25. The van der Waals surface area contributed by atoms with Crippen LogP contribution in [0, 0.1) is 7.05 Å². The summed E-state index contributed by atoms with van der Waals surface area (Å²) in [5.74, 6) is 0. The van der Waals surface area contributed by atoms with E-state index >= 15 is 0 Å². The largest absolute Gasteiger partial charge is 0.465 e. The van der Waals surface area contributed by atoms with E-state index in [1.165, 1.54) is 37.5 Å². The summed E-state index contributed by atoms with van der Waals surface area (Å²) in [6, 6.07) is 0.895. The average Bonchev–Trinajstić information content (AvgIpc) is 1.57. The van der Waals surface area contributed by atoms with Crippen molar-refractivity contribution < 1.29 is 4.90 Å². The molecule has 0 aromatic carbocycles. The molecule has 0 aromatic heterocycles. The second kappa shape index (κ2) is 1.96. The molecule has 2 saturated heterocycles. The summed E-state index contributed by atoms with van der Waals surface area (Å²) in [5.41, 5.74) is 0. The molecule has 0 unspecified atom stereocenters. The fourth-order valence-electron chi connectivity index (χ4n) is 1.57. The normalized spacial score (nSPS) is 43.7. The Kier molecular flexibility index (Phi) is 1.24. The molecule has 0 amide bonds. The molecule has 0 aliphatic carbocycles. The van der Waals surface area contributed by atoms with Crippen molar-refractivity contribution in [1.82, 2.24) is 4.90 Å². The SMILES string of the molecule is [CH2-][NH+]1CC(N2CCC2)C1. The Balaban J connectivity index is 1.75. The number of nitrogens with one attached hydrogen (secondary N) is 1. The molecule has 2 aliphatic rings. The van der Waals surface area contributed by atoms with Crippen molar-refractivity contribution in [3.05, 3.63) is 7.05 Å². The Labute approximate surface area is 56.4 Å². The van der Waals surface area contributed by atoms with Crippen molar-refractivity contribution in [2.75, 3.05) is 26.2 Å². The highest BCUT2D eigenvalue weighted by molar-refractivity contribution is 4.80. The maximum atomic E-state index is 3.92. The average molecular weight is 126 g/mol. The summed E-state index contributed by atoms with van der Waals surface area (Å²) in [4.78, 5) is 4.02. The Morgan fingerprint density at radius 3 is 2.33 bits per heavy atom. The van der Waals surface area contributed by atoms with E-state index in [1.807, 2.05) is 0 Å². The van der Waals surface area contributed by atoms with Crippen LogP contribution in [0.5, 0.6) is 0 Å². The van der Waals surface area contributed by atoms with Gasteiger partial charge in [0.15, 0.2) is 0 Å². The number of hydrogen-bond acceptors (Lipinski definition) is 1. The highest BCUT2D eigenvalue weighted by atomic mass is 15.3. The monoisotopic (exact) mass is 126 g/mol. The van der Waals surface area contributed by atoms with Crippen LogP contribution in [-0.4, -0.2) is 37.1 Å². The number of quaternary nitrogens is 1. The quantitative estimate of drug-likeness (QED) is 0.431. The van der Waals surface area contributed by atoms with Crippen molar-refractivity contribution in [3.8, 4) is 0 Å². The van der Waals surface area contributed by atoms with Gasteiger partial charge in [0.1, 0.15) is 6.04 Å². The van der Waals surface area contributed by atoms with Crippen molar-refractivity contribution in [2.45, 2.75) is 12.5 Å². The van der Waals surface area contributed by atoms with Crippen molar-refractivity contribution in [3.63, 3.8) is 0 Å². The number of hydrogen-bond donors (Lipinski definition) is 1. The first kappa shape index (κ1) is 5.69. The molecule has 2 nitrogen and oxygen atoms in total. The minimum atomic E-state index is 0.895. The Hall–Kier alpha value is -0.0800. The van der Waals surface area contributed by atoms with Crippen LogP contribution in [0.15, 0.2) is 0 Å². The van der Waals surface area contributed by atoms with Crippen LogP contribution in [0.2, 0.25) is 0 Å². The lowest BCUT2D eigenvalue weighted by molar-refractivity contribution is -0.902. The highest BCUT2D eigenvalue weighted by Gasteiger charge is 2.33. The molecular weight excluding hydrogens is 112 g/mol. The molecule has 1 N–H and O–H groups in total. The summed E-state index contributed by atoms with van der Waals surface area (Å²) in [7, 11) is 3.92. The smallest absolute Gasteiger partial charge is 0.104 e. The van der Waals surface area contributed by atoms with Crippen molar-refractivity contribution in [2.24, 2.45) is 0 Å². The second-order valence-electron chi connectivity index (χ2n) is 3.20. The topological polar surface area (TPSA) is 7.68 Å². The minimum Gasteiger partial charge on any atom is -0.465 e. The summed E-state index contributed by atoms with van der Waals surface area (Å²) < 4.78 is 0. The molecule has 9 heavy (non-hydrogen) atoms. The number of likely N-dealkylation sites (tertiary alicyclic amines) is 2. The van der Waals surface area contributed by atoms with Gasteiger partial charge in [-0.25, -0.2) is 0 Å². The maximum absolute atomic E-state index is 3.92. The van der Waals surface area contributed by atoms with Crippen LogP contribution < -0.4 is 4.90 Å². The first-order valence-electron chi connectivity index (χ1n) is 3.77. The lowest BCUT2D eigenvalue weighted by Gasteiger charge is -2.47. The standard InChI is InChI=1S/C7H14N2/c1-8-5-7(6-8)9-3-2-4-9/h7-8H,1-6H2. The zero-order valence-corrected chi connectivity index (χ0v) is 5.77. The molecule has 2 rings (SSSR count). The lowest BCUT2D eigenvalue weighted by atomic mass is 10.0. The van der Waals surface area contributed by atoms with Gasteiger partial charge < -0.3 is 4.90 Å². The molecule has 2 aliphatic heterocycles. The third kappa shape index (κ3) is 0.864. The van der Waals surface area contributed by atoms with E-state index in [1.54, 1.807) is 0 Å². The minimum absolute atomic E-state index is 0.895. The van der Waals surface area contributed by atoms with Crippen LogP contribution in [0.1, 0.15) is 6.42 Å². The van der Waals surface area contributed by atoms with Crippen LogP contribution in [0.3, 0.4) is 0 Å². The summed E-state index contributed by atoms with van der Waals surface area (Å²) >= 11 is 0. The van der Waals surface area contributed by atoms with Crippen LogP contribution in [0.4, 0.5) is 0 Å². The van der Waals surface area contributed by atoms with Crippen LogP contribution >= 0.6 is 0 Å². The first-order chi connectivity index (χ1) is 4.36. The third-order valence-electron chi connectivity index (χ3n) is 2.46. The van der Waals surface area contributed by atoms with E-state index in [2.05, 4.69) is 11.9 Å². The number of rotatable bonds is 1. The van der Waals surface area contributed by atoms with E-state index in [9.17, 15) is 0 Å². The van der Waals surface area contributed by atoms with Crippen LogP contribution in [-0.2, 0) is 0 Å². The van der Waals surface area contributed by atoms with E-state index in [4.69, 9.17) is 0 Å². The van der Waals surface area contributed by atoms with Gasteiger partial charge in [-0.15, -0.1) is 0 Å². The summed E-state index contributed by atoms with van der Waals surface area (Å²) in [6.45, 7) is 5.25. The van der Waals surface area contributed by atoms with E-state index in [0.29, 0.717) is 0 Å². The van der Waals surface area contributed by atoms with Gasteiger partial charge in [0.05, 0.1) is 13.1 Å². The molecule has 0 spiro atoms. The van der Waals surface area contributed by atoms with Gasteiger partial charge in [-0.2, -0.15) is 7.05 Å². The Morgan fingerprint density at radius 2 is 2.00 bits per heavy atom. The second-order valence-corrected chi connectivity index (χ2v) is 3.20. The molecule has 0 aromatic rings. The maximum Gasteiger partial charge on any atom is 0.104 e. The molecule has 2 heteroatoms. The molecule has 52 valence electrons. The van der Waals surface area contributed by atoms with Gasteiger partial charge in [0, 0.05) is 13.1 Å². The third-order valence-corrected chi connectivity index (χ3v) is 2.46. The number of nitrogens with zero attached hydrogens (tertiary/aromatic N) is 1. The van der Waals surface area contributed by atoms with Crippen molar-refractivity contribution >= 4 is 0 Å². The van der Waals surface area contributed by atoms with Crippen LogP contribution in [0.25, 0.3) is 0 Å². The fourth-order valence-corrected chi connectivity index (χ4v) is 1.57. The van der Waals surface area contributed by atoms with Crippen molar-refractivity contribution in [1.29, 1.82) is 0 Å².